The van der Waals surface area contributed by atoms with Crippen LogP contribution in [0.15, 0.2) is 24.3 Å². The molecular weight excluding hydrogens is 340 g/mol. The number of unbranched alkanes of at least 4 members (excludes halogenated alkanes) is 15. The Morgan fingerprint density at radius 3 is 1.36 bits per heavy atom. The maximum atomic E-state index is 5.77. The van der Waals surface area contributed by atoms with Gasteiger partial charge in [-0.2, -0.15) is 0 Å². The van der Waals surface area contributed by atoms with E-state index in [1.807, 2.05) is 0 Å². The van der Waals surface area contributed by atoms with Crippen LogP contribution in [0, 0.1) is 0 Å². The fourth-order valence-corrected chi connectivity index (χ4v) is 3.46. The molecule has 1 nitrogen and oxygen atoms in total. The van der Waals surface area contributed by atoms with Gasteiger partial charge in [0.15, 0.2) is 0 Å². The van der Waals surface area contributed by atoms with Gasteiger partial charge in [-0.05, 0) is 44.9 Å². The van der Waals surface area contributed by atoms with Crippen molar-refractivity contribution in [1.29, 1.82) is 0 Å². The molecule has 0 amide bonds. The van der Waals surface area contributed by atoms with Gasteiger partial charge in [0.05, 0.1) is 0 Å². The molecule has 1 heteroatoms. The Hall–Kier alpha value is -0.560. The van der Waals surface area contributed by atoms with Gasteiger partial charge in [-0.1, -0.05) is 115 Å². The van der Waals surface area contributed by atoms with E-state index >= 15 is 0 Å². The van der Waals surface area contributed by atoms with Gasteiger partial charge in [0.2, 0.25) is 0 Å². The van der Waals surface area contributed by atoms with E-state index in [-0.39, 0.29) is 0 Å². The molecule has 0 aliphatic rings. The Labute approximate surface area is 178 Å². The molecule has 166 valence electrons. The predicted molar refractivity (Wildman–Crippen MR) is 128 cm³/mol. The quantitative estimate of drug-likeness (QED) is 0.124. The molecule has 0 unspecified atom stereocenters. The minimum absolute atomic E-state index is 0.977. The number of rotatable bonds is 23. The third-order valence-electron chi connectivity index (χ3n) is 5.38. The summed E-state index contributed by atoms with van der Waals surface area (Å²) < 4.78 is 5.77. The van der Waals surface area contributed by atoms with Gasteiger partial charge in [0.25, 0.3) is 0 Å². The van der Waals surface area contributed by atoms with Gasteiger partial charge >= 0.3 is 0 Å². The molecule has 0 bridgehead atoms. The summed E-state index contributed by atoms with van der Waals surface area (Å²) in [4.78, 5) is 0. The van der Waals surface area contributed by atoms with Crippen molar-refractivity contribution in [3.05, 3.63) is 24.3 Å². The van der Waals surface area contributed by atoms with Crippen LogP contribution < -0.4 is 0 Å². The molecule has 28 heavy (non-hydrogen) atoms. The lowest BCUT2D eigenvalue weighted by Crippen LogP contribution is -1.97. The average Bonchev–Trinajstić information content (AvgIpc) is 2.71. The standard InChI is InChI=1S/C27H52O/c1-3-5-7-9-11-12-13-14-15-16-17-18-19-21-23-25-27-28-26-24-22-20-10-8-6-4-2/h11-12,14-15H,3-10,13,16-27H2,1-2H3/b12-11-,15-14-. The largest absolute Gasteiger partial charge is 0.381 e. The SMILES string of the molecule is CCCCC/C=C\C/C=C\CCCCCCCCOCCCCCCCCC. The molecule has 0 atom stereocenters. The summed E-state index contributed by atoms with van der Waals surface area (Å²) in [7, 11) is 0. The number of hydrogen-bond acceptors (Lipinski definition) is 1. The van der Waals surface area contributed by atoms with Crippen molar-refractivity contribution < 1.29 is 4.74 Å². The van der Waals surface area contributed by atoms with Gasteiger partial charge in [0, 0.05) is 13.2 Å². The second kappa shape index (κ2) is 26.4. The van der Waals surface area contributed by atoms with Crippen LogP contribution in [0.2, 0.25) is 0 Å². The van der Waals surface area contributed by atoms with Crippen LogP contribution in [0.25, 0.3) is 0 Å². The van der Waals surface area contributed by atoms with Crippen LogP contribution in [0.5, 0.6) is 0 Å². The van der Waals surface area contributed by atoms with Gasteiger partial charge in [-0.25, -0.2) is 0 Å². The molecule has 0 radical (unpaired) electrons. The minimum atomic E-state index is 0.977. The summed E-state index contributed by atoms with van der Waals surface area (Å²) in [6.45, 7) is 6.50. The highest BCUT2D eigenvalue weighted by atomic mass is 16.5. The lowest BCUT2D eigenvalue weighted by molar-refractivity contribution is 0.125. The molecule has 0 spiro atoms. The first-order valence-corrected chi connectivity index (χ1v) is 12.8. The first-order chi connectivity index (χ1) is 13.9. The Balaban J connectivity index is 3.09. The van der Waals surface area contributed by atoms with Crippen molar-refractivity contribution in [2.75, 3.05) is 13.2 Å². The molecule has 0 saturated heterocycles. The molecule has 0 aliphatic carbocycles. The van der Waals surface area contributed by atoms with Crippen LogP contribution >= 0.6 is 0 Å². The third kappa shape index (κ3) is 25.4. The molecule has 0 fully saturated rings. The molecular formula is C27H52O. The zero-order valence-corrected chi connectivity index (χ0v) is 19.6. The van der Waals surface area contributed by atoms with Gasteiger partial charge in [-0.3, -0.25) is 0 Å². The Morgan fingerprint density at radius 2 is 0.821 bits per heavy atom. The maximum absolute atomic E-state index is 5.77. The zero-order chi connectivity index (χ0) is 20.4. The Morgan fingerprint density at radius 1 is 0.429 bits per heavy atom. The summed E-state index contributed by atoms with van der Waals surface area (Å²) in [5.74, 6) is 0. The van der Waals surface area contributed by atoms with E-state index in [0.717, 1.165) is 19.6 Å². The lowest BCUT2D eigenvalue weighted by atomic mass is 10.1. The normalized spacial score (nSPS) is 11.9. The van der Waals surface area contributed by atoms with Gasteiger partial charge in [-0.15, -0.1) is 0 Å². The molecule has 0 aliphatic heterocycles. The van der Waals surface area contributed by atoms with Crippen molar-refractivity contribution in [3.8, 4) is 0 Å². The fraction of sp³-hybridized carbons (Fsp3) is 0.852. The fourth-order valence-electron chi connectivity index (χ4n) is 3.46. The first-order valence-electron chi connectivity index (χ1n) is 12.8. The minimum Gasteiger partial charge on any atom is -0.381 e. The highest BCUT2D eigenvalue weighted by Gasteiger charge is 1.94. The van der Waals surface area contributed by atoms with Gasteiger partial charge < -0.3 is 4.74 Å². The second-order valence-corrected chi connectivity index (χ2v) is 8.32. The van der Waals surface area contributed by atoms with Gasteiger partial charge in [0.1, 0.15) is 0 Å². The highest BCUT2D eigenvalue weighted by molar-refractivity contribution is 4.92. The predicted octanol–water partition coefficient (Wildman–Crippen LogP) is 9.57. The smallest absolute Gasteiger partial charge is 0.0466 e. The van der Waals surface area contributed by atoms with Crippen molar-refractivity contribution in [3.63, 3.8) is 0 Å². The van der Waals surface area contributed by atoms with E-state index in [2.05, 4.69) is 38.2 Å². The van der Waals surface area contributed by atoms with Crippen molar-refractivity contribution >= 4 is 0 Å². The molecule has 0 rings (SSSR count). The van der Waals surface area contributed by atoms with Crippen molar-refractivity contribution in [2.24, 2.45) is 0 Å². The summed E-state index contributed by atoms with van der Waals surface area (Å²) in [6.07, 6.45) is 34.7. The van der Waals surface area contributed by atoms with E-state index in [1.165, 1.54) is 116 Å². The first kappa shape index (κ1) is 27.4. The lowest BCUT2D eigenvalue weighted by Gasteiger charge is -2.05. The molecule has 0 saturated carbocycles. The molecule has 0 heterocycles. The van der Waals surface area contributed by atoms with Crippen LogP contribution in [0.1, 0.15) is 136 Å². The third-order valence-corrected chi connectivity index (χ3v) is 5.38. The Kier molecular flexibility index (Phi) is 25.9. The molecule has 0 aromatic carbocycles. The van der Waals surface area contributed by atoms with E-state index in [1.54, 1.807) is 0 Å². The molecule has 0 aromatic heterocycles. The van der Waals surface area contributed by atoms with E-state index in [4.69, 9.17) is 4.74 Å². The molecule has 0 aromatic rings. The number of allylic oxidation sites excluding steroid dienone is 4. The Bertz CT molecular complexity index is 318. The summed E-state index contributed by atoms with van der Waals surface area (Å²) in [5, 5.41) is 0. The van der Waals surface area contributed by atoms with Crippen molar-refractivity contribution in [1.82, 2.24) is 0 Å². The summed E-state index contributed by atoms with van der Waals surface area (Å²) in [6, 6.07) is 0. The average molecular weight is 393 g/mol. The number of hydrogen-bond donors (Lipinski definition) is 0. The van der Waals surface area contributed by atoms with Crippen LogP contribution in [-0.4, -0.2) is 13.2 Å². The van der Waals surface area contributed by atoms with E-state index in [0.29, 0.717) is 0 Å². The van der Waals surface area contributed by atoms with E-state index in [9.17, 15) is 0 Å². The second-order valence-electron chi connectivity index (χ2n) is 8.32. The monoisotopic (exact) mass is 392 g/mol. The van der Waals surface area contributed by atoms with Crippen LogP contribution in [0.3, 0.4) is 0 Å². The van der Waals surface area contributed by atoms with E-state index < -0.39 is 0 Å². The summed E-state index contributed by atoms with van der Waals surface area (Å²) in [5.41, 5.74) is 0. The molecule has 0 N–H and O–H groups in total. The topological polar surface area (TPSA) is 9.23 Å². The van der Waals surface area contributed by atoms with Crippen molar-refractivity contribution in [2.45, 2.75) is 136 Å². The maximum Gasteiger partial charge on any atom is 0.0466 e. The number of ether oxygens (including phenoxy) is 1. The zero-order valence-electron chi connectivity index (χ0n) is 19.6. The summed E-state index contributed by atoms with van der Waals surface area (Å²) >= 11 is 0. The van der Waals surface area contributed by atoms with Crippen LogP contribution in [-0.2, 0) is 4.74 Å². The van der Waals surface area contributed by atoms with Crippen LogP contribution in [0.4, 0.5) is 0 Å². The highest BCUT2D eigenvalue weighted by Crippen LogP contribution is 2.09.